The summed E-state index contributed by atoms with van der Waals surface area (Å²) in [5.74, 6) is 2.14. The van der Waals surface area contributed by atoms with Gasteiger partial charge < -0.3 is 5.32 Å². The van der Waals surface area contributed by atoms with E-state index in [-0.39, 0.29) is 0 Å². The number of unbranched alkanes of at least 4 members (excludes halogenated alkanes) is 1. The summed E-state index contributed by atoms with van der Waals surface area (Å²) in [7, 11) is 0. The fourth-order valence-electron chi connectivity index (χ4n) is 4.29. The minimum atomic E-state index is 0.505. The fraction of sp³-hybridized carbons (Fsp3) is 0.923. The molecule has 0 aromatic rings. The van der Waals surface area contributed by atoms with Gasteiger partial charge in [-0.1, -0.05) is 86.8 Å². The molecule has 0 amide bonds. The Balaban J connectivity index is 4.32. The second kappa shape index (κ2) is 14.7. The van der Waals surface area contributed by atoms with Gasteiger partial charge >= 0.3 is 0 Å². The molecule has 0 aromatic heterocycles. The monoisotopic (exact) mass is 379 g/mol. The van der Waals surface area contributed by atoms with E-state index in [1.165, 1.54) is 57.8 Å². The molecular weight excluding hydrogens is 326 g/mol. The predicted octanol–water partition coefficient (Wildman–Crippen LogP) is 8.39. The van der Waals surface area contributed by atoms with Gasteiger partial charge in [-0.3, -0.25) is 0 Å². The molecule has 162 valence electrons. The highest BCUT2D eigenvalue weighted by molar-refractivity contribution is 4.92. The topological polar surface area (TPSA) is 12.0 Å². The Hall–Kier alpha value is -0.300. The molecule has 0 aliphatic carbocycles. The lowest BCUT2D eigenvalue weighted by Crippen LogP contribution is -2.38. The van der Waals surface area contributed by atoms with Crippen molar-refractivity contribution in [2.24, 2.45) is 23.2 Å². The largest absolute Gasteiger partial charge is 0.311 e. The van der Waals surface area contributed by atoms with Crippen LogP contribution in [0.1, 0.15) is 120 Å². The van der Waals surface area contributed by atoms with Crippen LogP contribution < -0.4 is 5.32 Å². The summed E-state index contributed by atoms with van der Waals surface area (Å²) in [6.07, 6.45) is 16.8. The van der Waals surface area contributed by atoms with Crippen LogP contribution >= 0.6 is 0 Å². The number of nitrogens with one attached hydrogen (secondary N) is 1. The summed E-state index contributed by atoms with van der Waals surface area (Å²) in [5, 5.41) is 3.93. The van der Waals surface area contributed by atoms with E-state index in [1.807, 2.05) is 0 Å². The van der Waals surface area contributed by atoms with Crippen LogP contribution in [0.5, 0.6) is 0 Å². The van der Waals surface area contributed by atoms with Crippen molar-refractivity contribution in [3.05, 3.63) is 12.2 Å². The van der Waals surface area contributed by atoms with Crippen molar-refractivity contribution in [1.82, 2.24) is 5.32 Å². The lowest BCUT2D eigenvalue weighted by molar-refractivity contribution is 0.284. The van der Waals surface area contributed by atoms with E-state index < -0.39 is 0 Å². The molecule has 0 spiro atoms. The lowest BCUT2D eigenvalue weighted by Gasteiger charge is -2.26. The van der Waals surface area contributed by atoms with Gasteiger partial charge in [0.05, 0.1) is 0 Å². The Morgan fingerprint density at radius 1 is 0.778 bits per heavy atom. The molecule has 4 unspecified atom stereocenters. The zero-order valence-corrected chi connectivity index (χ0v) is 20.4. The van der Waals surface area contributed by atoms with Crippen LogP contribution in [0, 0.1) is 23.2 Å². The molecule has 0 aliphatic rings. The van der Waals surface area contributed by atoms with Gasteiger partial charge in [-0.15, -0.1) is 0 Å². The molecule has 0 bridgehead atoms. The Morgan fingerprint density at radius 3 is 1.96 bits per heavy atom. The van der Waals surface area contributed by atoms with Gasteiger partial charge in [0.25, 0.3) is 0 Å². The summed E-state index contributed by atoms with van der Waals surface area (Å²) in [6.45, 7) is 21.3. The third kappa shape index (κ3) is 15.3. The second-order valence-electron chi connectivity index (χ2n) is 10.6. The highest BCUT2D eigenvalue weighted by atomic mass is 14.9. The molecule has 27 heavy (non-hydrogen) atoms. The first-order chi connectivity index (χ1) is 12.6. The smallest absolute Gasteiger partial charge is 0.00719 e. The Bertz CT molecular complexity index is 368. The third-order valence-corrected chi connectivity index (χ3v) is 5.88. The first-order valence-electron chi connectivity index (χ1n) is 12.0. The van der Waals surface area contributed by atoms with Crippen molar-refractivity contribution in [3.63, 3.8) is 0 Å². The average molecular weight is 380 g/mol. The summed E-state index contributed by atoms with van der Waals surface area (Å²) >= 11 is 0. The summed E-state index contributed by atoms with van der Waals surface area (Å²) in [4.78, 5) is 0. The number of hydrogen-bond acceptors (Lipinski definition) is 1. The van der Waals surface area contributed by atoms with Gasteiger partial charge in [0.15, 0.2) is 0 Å². The first-order valence-corrected chi connectivity index (χ1v) is 12.0. The van der Waals surface area contributed by atoms with Crippen molar-refractivity contribution < 1.29 is 0 Å². The highest BCUT2D eigenvalue weighted by Crippen LogP contribution is 2.30. The average Bonchev–Trinajstić information content (AvgIpc) is 2.55. The quantitative estimate of drug-likeness (QED) is 0.265. The third-order valence-electron chi connectivity index (χ3n) is 5.88. The van der Waals surface area contributed by atoms with Crippen LogP contribution in [0.25, 0.3) is 0 Å². The maximum absolute atomic E-state index is 3.93. The molecule has 0 fully saturated rings. The number of rotatable bonds is 16. The van der Waals surface area contributed by atoms with E-state index >= 15 is 0 Å². The standard InChI is InChI=1S/C26H53N/c1-10-12-13-25(19-21(3)4)27-24(7)20-23(6)15-14-22(5)16-18-26(8,9)17-11-2/h14-15,21-25,27H,10-13,16-20H2,1-9H3. The molecule has 0 saturated carbocycles. The van der Waals surface area contributed by atoms with E-state index in [2.05, 4.69) is 79.8 Å². The Labute approximate surface area is 173 Å². The molecule has 1 N–H and O–H groups in total. The van der Waals surface area contributed by atoms with E-state index in [0.717, 1.165) is 5.92 Å². The van der Waals surface area contributed by atoms with Gasteiger partial charge in [0.1, 0.15) is 0 Å². The van der Waals surface area contributed by atoms with Crippen LogP contribution in [0.15, 0.2) is 12.2 Å². The van der Waals surface area contributed by atoms with Crippen LogP contribution in [-0.4, -0.2) is 12.1 Å². The van der Waals surface area contributed by atoms with Crippen molar-refractivity contribution in [2.45, 2.75) is 132 Å². The first kappa shape index (κ1) is 26.7. The van der Waals surface area contributed by atoms with Gasteiger partial charge in [0, 0.05) is 12.1 Å². The van der Waals surface area contributed by atoms with E-state index in [1.54, 1.807) is 0 Å². The van der Waals surface area contributed by atoms with Crippen LogP contribution in [0.3, 0.4) is 0 Å². The van der Waals surface area contributed by atoms with Gasteiger partial charge in [-0.2, -0.15) is 0 Å². The zero-order valence-electron chi connectivity index (χ0n) is 20.4. The van der Waals surface area contributed by atoms with Crippen molar-refractivity contribution >= 4 is 0 Å². The molecule has 4 atom stereocenters. The van der Waals surface area contributed by atoms with Gasteiger partial charge in [0.2, 0.25) is 0 Å². The van der Waals surface area contributed by atoms with E-state index in [4.69, 9.17) is 0 Å². The summed E-state index contributed by atoms with van der Waals surface area (Å²) in [6, 6.07) is 1.29. The van der Waals surface area contributed by atoms with Gasteiger partial charge in [-0.25, -0.2) is 0 Å². The molecule has 0 aromatic carbocycles. The van der Waals surface area contributed by atoms with Gasteiger partial charge in [-0.05, 0) is 68.6 Å². The minimum absolute atomic E-state index is 0.505. The van der Waals surface area contributed by atoms with E-state index in [0.29, 0.717) is 29.3 Å². The lowest BCUT2D eigenvalue weighted by atomic mass is 9.81. The molecule has 0 heterocycles. The summed E-state index contributed by atoms with van der Waals surface area (Å²) < 4.78 is 0. The van der Waals surface area contributed by atoms with Crippen molar-refractivity contribution in [3.8, 4) is 0 Å². The maximum Gasteiger partial charge on any atom is 0.00719 e. The van der Waals surface area contributed by atoms with Crippen molar-refractivity contribution in [2.75, 3.05) is 0 Å². The molecule has 1 nitrogen and oxygen atoms in total. The second-order valence-corrected chi connectivity index (χ2v) is 10.6. The predicted molar refractivity (Wildman–Crippen MR) is 125 cm³/mol. The molecule has 1 heteroatoms. The normalized spacial score (nSPS) is 17.4. The van der Waals surface area contributed by atoms with Crippen LogP contribution in [0.2, 0.25) is 0 Å². The SMILES string of the molecule is CCCCC(CC(C)C)NC(C)CC(C)C=CC(C)CCC(C)(C)CCC. The van der Waals surface area contributed by atoms with Crippen LogP contribution in [0.4, 0.5) is 0 Å². The molecule has 0 radical (unpaired) electrons. The highest BCUT2D eigenvalue weighted by Gasteiger charge is 2.17. The molecular formula is C26H53N. The molecule has 0 saturated heterocycles. The Kier molecular flexibility index (Phi) is 14.5. The zero-order chi connectivity index (χ0) is 20.9. The number of allylic oxidation sites excluding steroid dienone is 2. The molecule has 0 rings (SSSR count). The fourth-order valence-corrected chi connectivity index (χ4v) is 4.29. The molecule has 0 aliphatic heterocycles. The number of hydrogen-bond donors (Lipinski definition) is 1. The minimum Gasteiger partial charge on any atom is -0.311 e. The maximum atomic E-state index is 3.93. The van der Waals surface area contributed by atoms with Crippen LogP contribution in [-0.2, 0) is 0 Å². The Morgan fingerprint density at radius 2 is 1.41 bits per heavy atom. The summed E-state index contributed by atoms with van der Waals surface area (Å²) in [5.41, 5.74) is 0.505. The van der Waals surface area contributed by atoms with Crippen molar-refractivity contribution in [1.29, 1.82) is 0 Å². The van der Waals surface area contributed by atoms with E-state index in [9.17, 15) is 0 Å².